The summed E-state index contributed by atoms with van der Waals surface area (Å²) in [5, 5.41) is 5.86. The Morgan fingerprint density at radius 1 is 1.53 bits per heavy atom. The third kappa shape index (κ3) is 3.42. The summed E-state index contributed by atoms with van der Waals surface area (Å²) in [5.74, 6) is 0.977. The van der Waals surface area contributed by atoms with Gasteiger partial charge in [-0.1, -0.05) is 6.07 Å². The van der Waals surface area contributed by atoms with Gasteiger partial charge < -0.3 is 10.6 Å². The van der Waals surface area contributed by atoms with Gasteiger partial charge in [-0.25, -0.2) is 4.98 Å². The molecule has 1 aliphatic heterocycles. The highest BCUT2D eigenvalue weighted by molar-refractivity contribution is 5.78. The van der Waals surface area contributed by atoms with Gasteiger partial charge in [-0.2, -0.15) is 0 Å². The Bertz CT molecular complexity index is 377. The zero-order valence-electron chi connectivity index (χ0n) is 10.1. The molecule has 0 unspecified atom stereocenters. The lowest BCUT2D eigenvalue weighted by Gasteiger charge is -2.18. The van der Waals surface area contributed by atoms with Gasteiger partial charge in [0.25, 0.3) is 0 Å². The molecule has 2 N–H and O–H groups in total. The highest BCUT2D eigenvalue weighted by Gasteiger charge is 2.14. The van der Waals surface area contributed by atoms with Crippen molar-refractivity contribution in [2.75, 3.05) is 32.0 Å². The molecule has 0 aliphatic carbocycles. The van der Waals surface area contributed by atoms with Crippen molar-refractivity contribution in [3.05, 3.63) is 23.9 Å². The Labute approximate surface area is 101 Å². The quantitative estimate of drug-likeness (QED) is 0.797. The number of hydrogen-bond acceptors (Lipinski definition) is 4. The fraction of sp³-hybridized carbons (Fsp3) is 0.500. The van der Waals surface area contributed by atoms with Crippen LogP contribution < -0.4 is 10.6 Å². The molecule has 92 valence electrons. The molecular weight excluding hydrogens is 216 g/mol. The number of hydrogen-bond donors (Lipinski definition) is 2. The van der Waals surface area contributed by atoms with Crippen molar-refractivity contribution in [1.29, 1.82) is 0 Å². The molecule has 2 rings (SSSR count). The lowest BCUT2D eigenvalue weighted by Crippen LogP contribution is -2.32. The number of carbonyl (C=O) groups excluding carboxylic acids is 1. The standard InChI is InChI=1S/C12H18N4O/c1-13-11-4-3-10(7-15-11)8-16-6-2-5-14-12(17)9-16/h3-4,7H,2,5-6,8-9H2,1H3,(H,13,15)(H,14,17). The van der Waals surface area contributed by atoms with E-state index in [-0.39, 0.29) is 5.91 Å². The molecule has 5 nitrogen and oxygen atoms in total. The van der Waals surface area contributed by atoms with Crippen molar-refractivity contribution in [2.45, 2.75) is 13.0 Å². The van der Waals surface area contributed by atoms with Crippen LogP contribution in [0.4, 0.5) is 5.82 Å². The molecule has 2 heterocycles. The van der Waals surface area contributed by atoms with Gasteiger partial charge in [0.2, 0.25) is 5.91 Å². The van der Waals surface area contributed by atoms with Crippen LogP contribution >= 0.6 is 0 Å². The Kier molecular flexibility index (Phi) is 3.93. The number of anilines is 1. The number of nitrogens with zero attached hydrogens (tertiary/aromatic N) is 2. The van der Waals surface area contributed by atoms with Crippen LogP contribution in [0.2, 0.25) is 0 Å². The van der Waals surface area contributed by atoms with E-state index in [9.17, 15) is 4.79 Å². The van der Waals surface area contributed by atoms with Gasteiger partial charge in [0.05, 0.1) is 6.54 Å². The largest absolute Gasteiger partial charge is 0.373 e. The molecule has 17 heavy (non-hydrogen) atoms. The highest BCUT2D eigenvalue weighted by atomic mass is 16.2. The van der Waals surface area contributed by atoms with Crippen LogP contribution in [-0.2, 0) is 11.3 Å². The van der Waals surface area contributed by atoms with Gasteiger partial charge in [-0.05, 0) is 18.1 Å². The van der Waals surface area contributed by atoms with E-state index < -0.39 is 0 Å². The van der Waals surface area contributed by atoms with E-state index >= 15 is 0 Å². The minimum absolute atomic E-state index is 0.113. The molecule has 0 aromatic carbocycles. The maximum absolute atomic E-state index is 11.4. The van der Waals surface area contributed by atoms with Crippen LogP contribution in [0, 0.1) is 0 Å². The van der Waals surface area contributed by atoms with E-state index in [1.165, 1.54) is 0 Å². The van der Waals surface area contributed by atoms with Crippen LogP contribution in [-0.4, -0.2) is 42.5 Å². The molecule has 0 spiro atoms. The summed E-state index contributed by atoms with van der Waals surface area (Å²) >= 11 is 0. The first-order chi connectivity index (χ1) is 8.28. The predicted molar refractivity (Wildman–Crippen MR) is 66.7 cm³/mol. The zero-order valence-corrected chi connectivity index (χ0v) is 10.1. The second kappa shape index (κ2) is 5.63. The third-order valence-electron chi connectivity index (χ3n) is 2.83. The van der Waals surface area contributed by atoms with Crippen LogP contribution in [0.1, 0.15) is 12.0 Å². The van der Waals surface area contributed by atoms with Gasteiger partial charge in [-0.15, -0.1) is 0 Å². The number of carbonyl (C=O) groups is 1. The fourth-order valence-corrected chi connectivity index (χ4v) is 1.93. The Morgan fingerprint density at radius 2 is 2.41 bits per heavy atom. The second-order valence-electron chi connectivity index (χ2n) is 4.22. The van der Waals surface area contributed by atoms with Gasteiger partial charge in [0.1, 0.15) is 5.82 Å². The molecule has 0 bridgehead atoms. The molecule has 0 radical (unpaired) electrons. The highest BCUT2D eigenvalue weighted by Crippen LogP contribution is 2.08. The van der Waals surface area contributed by atoms with Crippen molar-refractivity contribution >= 4 is 11.7 Å². The smallest absolute Gasteiger partial charge is 0.234 e. The summed E-state index contributed by atoms with van der Waals surface area (Å²) in [7, 11) is 1.85. The van der Waals surface area contributed by atoms with E-state index in [1.807, 2.05) is 25.4 Å². The van der Waals surface area contributed by atoms with Crippen LogP contribution in [0.25, 0.3) is 0 Å². The Morgan fingerprint density at radius 3 is 3.12 bits per heavy atom. The summed E-state index contributed by atoms with van der Waals surface area (Å²) in [5.41, 5.74) is 1.14. The molecule has 1 aliphatic rings. The van der Waals surface area contributed by atoms with E-state index in [4.69, 9.17) is 0 Å². The Hall–Kier alpha value is -1.62. The van der Waals surface area contributed by atoms with E-state index in [0.29, 0.717) is 6.54 Å². The fourth-order valence-electron chi connectivity index (χ4n) is 1.93. The first-order valence-electron chi connectivity index (χ1n) is 5.89. The molecule has 0 saturated carbocycles. The average Bonchev–Trinajstić information content (AvgIpc) is 2.55. The number of amides is 1. The SMILES string of the molecule is CNc1ccc(CN2CCCNC(=O)C2)cn1. The summed E-state index contributed by atoms with van der Waals surface area (Å²) in [4.78, 5) is 17.8. The summed E-state index contributed by atoms with van der Waals surface area (Å²) in [6.45, 7) is 3.00. The van der Waals surface area contributed by atoms with Crippen molar-refractivity contribution in [2.24, 2.45) is 0 Å². The van der Waals surface area contributed by atoms with E-state index in [1.54, 1.807) is 0 Å². The molecule has 1 aromatic rings. The average molecular weight is 234 g/mol. The van der Waals surface area contributed by atoms with E-state index in [2.05, 4.69) is 20.5 Å². The molecule has 1 amide bonds. The lowest BCUT2D eigenvalue weighted by molar-refractivity contribution is -0.121. The molecule has 1 fully saturated rings. The topological polar surface area (TPSA) is 57.3 Å². The summed E-state index contributed by atoms with van der Waals surface area (Å²) < 4.78 is 0. The van der Waals surface area contributed by atoms with Crippen molar-refractivity contribution in [3.63, 3.8) is 0 Å². The third-order valence-corrected chi connectivity index (χ3v) is 2.83. The predicted octanol–water partition coefficient (Wildman–Crippen LogP) is 0.445. The zero-order chi connectivity index (χ0) is 12.1. The summed E-state index contributed by atoms with van der Waals surface area (Å²) in [6.07, 6.45) is 2.86. The molecule has 1 aromatic heterocycles. The number of nitrogens with one attached hydrogen (secondary N) is 2. The van der Waals surface area contributed by atoms with Crippen molar-refractivity contribution in [3.8, 4) is 0 Å². The van der Waals surface area contributed by atoms with Crippen LogP contribution in [0.5, 0.6) is 0 Å². The minimum atomic E-state index is 0.113. The molecule has 5 heteroatoms. The van der Waals surface area contributed by atoms with Crippen molar-refractivity contribution < 1.29 is 4.79 Å². The first kappa shape index (κ1) is 11.9. The van der Waals surface area contributed by atoms with Crippen LogP contribution in [0.15, 0.2) is 18.3 Å². The monoisotopic (exact) mass is 234 g/mol. The van der Waals surface area contributed by atoms with Crippen molar-refractivity contribution in [1.82, 2.24) is 15.2 Å². The van der Waals surface area contributed by atoms with Gasteiger partial charge in [-0.3, -0.25) is 9.69 Å². The second-order valence-corrected chi connectivity index (χ2v) is 4.22. The maximum Gasteiger partial charge on any atom is 0.234 e. The van der Waals surface area contributed by atoms with E-state index in [0.717, 1.165) is 37.4 Å². The number of rotatable bonds is 3. The van der Waals surface area contributed by atoms with Gasteiger partial charge >= 0.3 is 0 Å². The number of pyridine rings is 1. The first-order valence-corrected chi connectivity index (χ1v) is 5.89. The van der Waals surface area contributed by atoms with Gasteiger partial charge in [0, 0.05) is 32.9 Å². The minimum Gasteiger partial charge on any atom is -0.373 e. The molecular formula is C12H18N4O. The summed E-state index contributed by atoms with van der Waals surface area (Å²) in [6, 6.07) is 3.99. The number of aromatic nitrogens is 1. The molecule has 1 saturated heterocycles. The maximum atomic E-state index is 11.4. The normalized spacial score (nSPS) is 17.4. The van der Waals surface area contributed by atoms with Crippen LogP contribution in [0.3, 0.4) is 0 Å². The molecule has 0 atom stereocenters. The lowest BCUT2D eigenvalue weighted by atomic mass is 10.2. The van der Waals surface area contributed by atoms with Gasteiger partial charge in [0.15, 0.2) is 0 Å². The Balaban J connectivity index is 1.96.